The van der Waals surface area contributed by atoms with Gasteiger partial charge in [0, 0.05) is 18.0 Å². The molecule has 0 bridgehead atoms. The molecule has 0 saturated heterocycles. The maximum absolute atomic E-state index is 12.1. The summed E-state index contributed by atoms with van der Waals surface area (Å²) in [5.41, 5.74) is 0.383. The molecule has 0 fully saturated rings. The number of pyridine rings is 1. The first-order valence-corrected chi connectivity index (χ1v) is 6.60. The van der Waals surface area contributed by atoms with Gasteiger partial charge in [0.25, 0.3) is 11.5 Å². The van der Waals surface area contributed by atoms with Crippen molar-refractivity contribution in [1.82, 2.24) is 4.98 Å². The van der Waals surface area contributed by atoms with Crippen LogP contribution in [0.4, 0.5) is 5.69 Å². The van der Waals surface area contributed by atoms with Gasteiger partial charge in [-0.2, -0.15) is 0 Å². The van der Waals surface area contributed by atoms with Crippen molar-refractivity contribution in [2.75, 3.05) is 18.5 Å². The Morgan fingerprint density at radius 3 is 2.71 bits per heavy atom. The summed E-state index contributed by atoms with van der Waals surface area (Å²) in [6.45, 7) is 0.981. The molecule has 7 heteroatoms. The van der Waals surface area contributed by atoms with E-state index in [1.54, 1.807) is 18.2 Å². The highest BCUT2D eigenvalue weighted by molar-refractivity contribution is 6.30. The molecule has 0 aliphatic carbocycles. The van der Waals surface area contributed by atoms with Gasteiger partial charge in [0.2, 0.25) is 0 Å². The van der Waals surface area contributed by atoms with Crippen LogP contribution in [0.25, 0.3) is 0 Å². The summed E-state index contributed by atoms with van der Waals surface area (Å²) < 4.78 is 10.8. The van der Waals surface area contributed by atoms with Crippen LogP contribution in [0.5, 0.6) is 11.5 Å². The third kappa shape index (κ3) is 2.85. The molecule has 0 spiro atoms. The lowest BCUT2D eigenvalue weighted by molar-refractivity contribution is 0.102. The van der Waals surface area contributed by atoms with Gasteiger partial charge in [-0.1, -0.05) is 11.6 Å². The molecule has 2 aromatic rings. The minimum atomic E-state index is -0.437. The zero-order valence-corrected chi connectivity index (χ0v) is 11.6. The molecule has 0 atom stereocenters. The van der Waals surface area contributed by atoms with Crippen molar-refractivity contribution in [3.8, 4) is 11.5 Å². The van der Waals surface area contributed by atoms with Gasteiger partial charge in [-0.15, -0.1) is 0 Å². The zero-order chi connectivity index (χ0) is 14.8. The summed E-state index contributed by atoms with van der Waals surface area (Å²) in [5.74, 6) is 0.842. The highest BCUT2D eigenvalue weighted by Gasteiger charge is 2.14. The number of carbonyl (C=O) groups excluding carboxylic acids is 1. The molecule has 2 heterocycles. The molecule has 1 aliphatic heterocycles. The second-order valence-corrected chi connectivity index (χ2v) is 4.79. The lowest BCUT2D eigenvalue weighted by atomic mass is 10.2. The van der Waals surface area contributed by atoms with Crippen LogP contribution in [0, 0.1) is 0 Å². The maximum Gasteiger partial charge on any atom is 0.266 e. The second kappa shape index (κ2) is 5.49. The molecule has 1 aromatic carbocycles. The lowest BCUT2D eigenvalue weighted by Gasteiger charge is -2.19. The number of anilines is 1. The Balaban J connectivity index is 1.81. The summed E-state index contributed by atoms with van der Waals surface area (Å²) in [6.07, 6.45) is 1.31. The van der Waals surface area contributed by atoms with Gasteiger partial charge >= 0.3 is 0 Å². The van der Waals surface area contributed by atoms with Gasteiger partial charge in [-0.3, -0.25) is 9.59 Å². The summed E-state index contributed by atoms with van der Waals surface area (Å²) in [4.78, 5) is 25.6. The molecule has 21 heavy (non-hydrogen) atoms. The van der Waals surface area contributed by atoms with Crippen molar-refractivity contribution in [3.63, 3.8) is 0 Å². The number of nitrogens with one attached hydrogen (secondary N) is 2. The van der Waals surface area contributed by atoms with Gasteiger partial charge < -0.3 is 19.8 Å². The van der Waals surface area contributed by atoms with Gasteiger partial charge in [0.1, 0.15) is 18.2 Å². The highest BCUT2D eigenvalue weighted by atomic mass is 35.5. The molecule has 2 N–H and O–H groups in total. The van der Waals surface area contributed by atoms with Gasteiger partial charge in [0.05, 0.1) is 5.56 Å². The minimum absolute atomic E-state index is 0.0372. The summed E-state index contributed by atoms with van der Waals surface area (Å²) in [6, 6.07) is 6.43. The normalized spacial score (nSPS) is 12.8. The van der Waals surface area contributed by atoms with Crippen LogP contribution in [0.1, 0.15) is 10.4 Å². The number of aromatic amines is 1. The number of hydrogen-bond acceptors (Lipinski definition) is 4. The fraction of sp³-hybridized carbons (Fsp3) is 0.143. The van der Waals surface area contributed by atoms with E-state index in [2.05, 4.69) is 10.3 Å². The molecule has 1 aromatic heterocycles. The number of H-pyrrole nitrogens is 1. The van der Waals surface area contributed by atoms with E-state index in [9.17, 15) is 9.59 Å². The topological polar surface area (TPSA) is 80.4 Å². The van der Waals surface area contributed by atoms with Crippen molar-refractivity contribution in [2.45, 2.75) is 0 Å². The van der Waals surface area contributed by atoms with E-state index in [1.807, 2.05) is 0 Å². The number of halogens is 1. The highest BCUT2D eigenvalue weighted by Crippen LogP contribution is 2.32. The molecular weight excluding hydrogens is 296 g/mol. The number of benzene rings is 1. The Morgan fingerprint density at radius 1 is 1.19 bits per heavy atom. The fourth-order valence-corrected chi connectivity index (χ4v) is 2.08. The third-order valence-corrected chi connectivity index (χ3v) is 3.20. The van der Waals surface area contributed by atoms with Crippen molar-refractivity contribution in [2.24, 2.45) is 0 Å². The number of aromatic nitrogens is 1. The Kier molecular flexibility index (Phi) is 3.53. The van der Waals surface area contributed by atoms with E-state index in [0.29, 0.717) is 30.4 Å². The molecule has 1 aliphatic rings. The summed E-state index contributed by atoms with van der Waals surface area (Å²) >= 11 is 5.70. The predicted octanol–water partition coefficient (Wildman–Crippen LogP) is 2.05. The van der Waals surface area contributed by atoms with Crippen LogP contribution in [0.15, 0.2) is 35.3 Å². The van der Waals surface area contributed by atoms with Crippen LogP contribution >= 0.6 is 11.6 Å². The van der Waals surface area contributed by atoms with Gasteiger partial charge in [0.15, 0.2) is 11.5 Å². The smallest absolute Gasteiger partial charge is 0.266 e. The van der Waals surface area contributed by atoms with E-state index in [-0.39, 0.29) is 16.5 Å². The van der Waals surface area contributed by atoms with E-state index in [4.69, 9.17) is 21.1 Å². The molecule has 0 unspecified atom stereocenters. The average molecular weight is 307 g/mol. The van der Waals surface area contributed by atoms with Crippen molar-refractivity contribution in [3.05, 3.63) is 51.4 Å². The monoisotopic (exact) mass is 306 g/mol. The van der Waals surface area contributed by atoms with Crippen LogP contribution in [0.3, 0.4) is 0 Å². The van der Waals surface area contributed by atoms with Crippen molar-refractivity contribution >= 4 is 23.2 Å². The third-order valence-electron chi connectivity index (χ3n) is 2.92. The zero-order valence-electron chi connectivity index (χ0n) is 10.8. The average Bonchev–Trinajstić information content (AvgIpc) is 2.50. The fourth-order valence-electron chi connectivity index (χ4n) is 1.91. The van der Waals surface area contributed by atoms with Crippen LogP contribution < -0.4 is 20.3 Å². The quantitative estimate of drug-likeness (QED) is 0.890. The Bertz CT molecular complexity index is 757. The van der Waals surface area contributed by atoms with Crippen LogP contribution in [-0.4, -0.2) is 24.1 Å². The van der Waals surface area contributed by atoms with E-state index in [0.717, 1.165) is 0 Å². The molecular formula is C14H11ClN2O4. The van der Waals surface area contributed by atoms with Crippen LogP contribution in [0.2, 0.25) is 5.02 Å². The summed E-state index contributed by atoms with van der Waals surface area (Å²) in [5, 5.41) is 2.66. The lowest BCUT2D eigenvalue weighted by Crippen LogP contribution is -2.17. The molecule has 3 rings (SSSR count). The number of hydrogen-bond donors (Lipinski definition) is 2. The standard InChI is InChI=1S/C14H11ClN2O4/c15-10-5-8(7-16-14(10)19)13(18)17-9-1-2-11-12(6-9)21-4-3-20-11/h1-2,5-7H,3-4H2,(H,16,19)(H,17,18). The number of amides is 1. The van der Waals surface area contributed by atoms with E-state index in [1.165, 1.54) is 12.3 Å². The first kappa shape index (κ1) is 13.5. The number of rotatable bonds is 2. The number of ether oxygens (including phenoxy) is 2. The minimum Gasteiger partial charge on any atom is -0.486 e. The van der Waals surface area contributed by atoms with Crippen molar-refractivity contribution < 1.29 is 14.3 Å². The molecule has 108 valence electrons. The molecule has 1 amide bonds. The van der Waals surface area contributed by atoms with Crippen LogP contribution in [-0.2, 0) is 0 Å². The summed E-state index contributed by atoms with van der Waals surface area (Å²) in [7, 11) is 0. The van der Waals surface area contributed by atoms with Gasteiger partial charge in [-0.05, 0) is 18.2 Å². The molecule has 0 saturated carbocycles. The largest absolute Gasteiger partial charge is 0.486 e. The van der Waals surface area contributed by atoms with E-state index >= 15 is 0 Å². The molecule has 6 nitrogen and oxygen atoms in total. The predicted molar refractivity (Wildman–Crippen MR) is 77.5 cm³/mol. The maximum atomic E-state index is 12.1. The Labute approximate surface area is 124 Å². The van der Waals surface area contributed by atoms with Crippen molar-refractivity contribution in [1.29, 1.82) is 0 Å². The first-order valence-electron chi connectivity index (χ1n) is 6.23. The number of carbonyl (C=O) groups is 1. The van der Waals surface area contributed by atoms with Gasteiger partial charge in [-0.25, -0.2) is 0 Å². The second-order valence-electron chi connectivity index (χ2n) is 4.38. The Hall–Kier alpha value is -2.47. The first-order chi connectivity index (χ1) is 10.1. The van der Waals surface area contributed by atoms with E-state index < -0.39 is 5.56 Å². The SMILES string of the molecule is O=C(Nc1ccc2c(c1)OCCO2)c1c[nH]c(=O)c(Cl)c1. The Morgan fingerprint density at radius 2 is 1.95 bits per heavy atom. The number of fused-ring (bicyclic) bond motifs is 1. The molecule has 0 radical (unpaired) electrons.